The zero-order valence-corrected chi connectivity index (χ0v) is 9.95. The van der Waals surface area contributed by atoms with Crippen LogP contribution in [0, 0.1) is 0 Å². The van der Waals surface area contributed by atoms with Gasteiger partial charge < -0.3 is 5.32 Å². The second kappa shape index (κ2) is 6.40. The molecule has 1 N–H and O–H groups in total. The van der Waals surface area contributed by atoms with Crippen LogP contribution >= 0.6 is 0 Å². The Kier molecular flexibility index (Phi) is 5.12. The maximum absolute atomic E-state index is 4.16. The van der Waals surface area contributed by atoms with Gasteiger partial charge in [-0.3, -0.25) is 4.68 Å². The van der Waals surface area contributed by atoms with E-state index in [1.807, 2.05) is 25.0 Å². The van der Waals surface area contributed by atoms with E-state index in [0.717, 1.165) is 25.8 Å². The van der Waals surface area contributed by atoms with Crippen molar-refractivity contribution in [3.63, 3.8) is 0 Å². The SMILES string of the molecule is CNCC/C=C(/C)CCc1ccnn1C. The van der Waals surface area contributed by atoms with E-state index in [4.69, 9.17) is 0 Å². The maximum Gasteiger partial charge on any atom is 0.0492 e. The highest BCUT2D eigenvalue weighted by molar-refractivity contribution is 5.06. The minimum Gasteiger partial charge on any atom is -0.319 e. The fourth-order valence-corrected chi connectivity index (χ4v) is 1.54. The third-order valence-electron chi connectivity index (χ3n) is 2.59. The molecule has 0 saturated carbocycles. The van der Waals surface area contributed by atoms with Crippen molar-refractivity contribution < 1.29 is 0 Å². The first-order valence-corrected chi connectivity index (χ1v) is 5.51. The Labute approximate surface area is 92.2 Å². The molecule has 0 amide bonds. The quantitative estimate of drug-likeness (QED) is 0.570. The number of nitrogens with one attached hydrogen (secondary N) is 1. The lowest BCUT2D eigenvalue weighted by atomic mass is 10.1. The Bertz CT molecular complexity index is 312. The highest BCUT2D eigenvalue weighted by atomic mass is 15.2. The molecule has 0 atom stereocenters. The molecule has 0 saturated heterocycles. The number of rotatable bonds is 6. The summed E-state index contributed by atoms with van der Waals surface area (Å²) in [5, 5.41) is 7.30. The second-order valence-corrected chi connectivity index (χ2v) is 3.89. The molecule has 0 spiro atoms. The van der Waals surface area contributed by atoms with Crippen LogP contribution in [0.3, 0.4) is 0 Å². The molecule has 3 heteroatoms. The molecule has 0 aliphatic rings. The fourth-order valence-electron chi connectivity index (χ4n) is 1.54. The molecule has 15 heavy (non-hydrogen) atoms. The fraction of sp³-hybridized carbons (Fsp3) is 0.583. The first-order valence-electron chi connectivity index (χ1n) is 5.51. The average Bonchev–Trinajstić information content (AvgIpc) is 2.61. The molecule has 0 bridgehead atoms. The van der Waals surface area contributed by atoms with Gasteiger partial charge in [-0.15, -0.1) is 0 Å². The molecule has 1 aromatic rings. The van der Waals surface area contributed by atoms with Crippen LogP contribution in [0.25, 0.3) is 0 Å². The average molecular weight is 207 g/mol. The Morgan fingerprint density at radius 2 is 2.40 bits per heavy atom. The lowest BCUT2D eigenvalue weighted by Gasteiger charge is -2.03. The van der Waals surface area contributed by atoms with Gasteiger partial charge in [-0.25, -0.2) is 0 Å². The highest BCUT2D eigenvalue weighted by Crippen LogP contribution is 2.08. The summed E-state index contributed by atoms with van der Waals surface area (Å²) in [6, 6.07) is 2.08. The first kappa shape index (κ1) is 12.0. The molecular formula is C12H21N3. The van der Waals surface area contributed by atoms with Crippen molar-refractivity contribution in [2.24, 2.45) is 7.05 Å². The van der Waals surface area contributed by atoms with Crippen molar-refractivity contribution in [1.29, 1.82) is 0 Å². The third-order valence-corrected chi connectivity index (χ3v) is 2.59. The van der Waals surface area contributed by atoms with E-state index >= 15 is 0 Å². The number of aryl methyl sites for hydroxylation is 2. The van der Waals surface area contributed by atoms with E-state index < -0.39 is 0 Å². The van der Waals surface area contributed by atoms with Crippen LogP contribution in [0.5, 0.6) is 0 Å². The summed E-state index contributed by atoms with van der Waals surface area (Å²) in [5.41, 5.74) is 2.77. The highest BCUT2D eigenvalue weighted by Gasteiger charge is 1.98. The molecule has 0 fully saturated rings. The Morgan fingerprint density at radius 3 is 3.00 bits per heavy atom. The smallest absolute Gasteiger partial charge is 0.0492 e. The van der Waals surface area contributed by atoms with E-state index in [-0.39, 0.29) is 0 Å². The monoisotopic (exact) mass is 207 g/mol. The Morgan fingerprint density at radius 1 is 1.60 bits per heavy atom. The van der Waals surface area contributed by atoms with E-state index in [1.54, 1.807) is 0 Å². The van der Waals surface area contributed by atoms with Crippen LogP contribution in [-0.4, -0.2) is 23.4 Å². The summed E-state index contributed by atoms with van der Waals surface area (Å²) >= 11 is 0. The molecule has 0 aliphatic carbocycles. The number of hydrogen-bond donors (Lipinski definition) is 1. The van der Waals surface area contributed by atoms with Gasteiger partial charge in [0.2, 0.25) is 0 Å². The molecule has 1 heterocycles. The van der Waals surface area contributed by atoms with Crippen molar-refractivity contribution >= 4 is 0 Å². The predicted molar refractivity (Wildman–Crippen MR) is 63.8 cm³/mol. The maximum atomic E-state index is 4.16. The number of allylic oxidation sites excluding steroid dienone is 1. The van der Waals surface area contributed by atoms with E-state index in [9.17, 15) is 0 Å². The van der Waals surface area contributed by atoms with Gasteiger partial charge in [-0.1, -0.05) is 11.6 Å². The van der Waals surface area contributed by atoms with Crippen LogP contribution in [0.4, 0.5) is 0 Å². The second-order valence-electron chi connectivity index (χ2n) is 3.89. The number of nitrogens with zero attached hydrogens (tertiary/aromatic N) is 2. The summed E-state index contributed by atoms with van der Waals surface area (Å²) < 4.78 is 1.95. The summed E-state index contributed by atoms with van der Waals surface area (Å²) in [4.78, 5) is 0. The summed E-state index contributed by atoms with van der Waals surface area (Å²) in [6.45, 7) is 3.26. The lowest BCUT2D eigenvalue weighted by molar-refractivity contribution is 0.700. The Hall–Kier alpha value is -1.09. The minimum atomic E-state index is 1.06. The van der Waals surface area contributed by atoms with Crippen LogP contribution in [-0.2, 0) is 13.5 Å². The van der Waals surface area contributed by atoms with Crippen LogP contribution < -0.4 is 5.32 Å². The molecular weight excluding hydrogens is 186 g/mol. The molecule has 84 valence electrons. The molecule has 1 aromatic heterocycles. The van der Waals surface area contributed by atoms with Crippen LogP contribution in [0.1, 0.15) is 25.5 Å². The zero-order valence-electron chi connectivity index (χ0n) is 9.95. The van der Waals surface area contributed by atoms with Crippen molar-refractivity contribution in [1.82, 2.24) is 15.1 Å². The third kappa shape index (κ3) is 4.30. The zero-order chi connectivity index (χ0) is 11.1. The van der Waals surface area contributed by atoms with Gasteiger partial charge in [0, 0.05) is 18.9 Å². The number of aromatic nitrogens is 2. The molecule has 0 aromatic carbocycles. The standard InChI is InChI=1S/C12H21N3/c1-11(5-4-9-13-2)6-7-12-8-10-14-15(12)3/h5,8,10,13H,4,6-7,9H2,1-3H3/b11-5-. The van der Waals surface area contributed by atoms with Gasteiger partial charge in [-0.2, -0.15) is 5.10 Å². The van der Waals surface area contributed by atoms with Gasteiger partial charge >= 0.3 is 0 Å². The molecule has 3 nitrogen and oxygen atoms in total. The normalized spacial score (nSPS) is 12.1. The van der Waals surface area contributed by atoms with Gasteiger partial charge in [0.25, 0.3) is 0 Å². The van der Waals surface area contributed by atoms with Gasteiger partial charge in [0.05, 0.1) is 0 Å². The van der Waals surface area contributed by atoms with E-state index in [0.29, 0.717) is 0 Å². The van der Waals surface area contributed by atoms with Crippen LogP contribution in [0.15, 0.2) is 23.9 Å². The summed E-state index contributed by atoms with van der Waals surface area (Å²) in [5.74, 6) is 0. The van der Waals surface area contributed by atoms with Crippen LogP contribution in [0.2, 0.25) is 0 Å². The summed E-state index contributed by atoms with van der Waals surface area (Å²) in [7, 11) is 3.98. The van der Waals surface area contributed by atoms with Gasteiger partial charge in [-0.05, 0) is 45.8 Å². The molecule has 0 radical (unpaired) electrons. The molecule has 1 rings (SSSR count). The predicted octanol–water partition coefficient (Wildman–Crippen LogP) is 1.91. The van der Waals surface area contributed by atoms with Crippen molar-refractivity contribution in [2.45, 2.75) is 26.2 Å². The van der Waals surface area contributed by atoms with E-state index in [1.165, 1.54) is 11.3 Å². The topological polar surface area (TPSA) is 29.9 Å². The molecule has 0 unspecified atom stereocenters. The molecule has 0 aliphatic heterocycles. The lowest BCUT2D eigenvalue weighted by Crippen LogP contribution is -2.06. The van der Waals surface area contributed by atoms with E-state index in [2.05, 4.69) is 29.5 Å². The first-order chi connectivity index (χ1) is 7.24. The van der Waals surface area contributed by atoms with Crippen molar-refractivity contribution in [3.8, 4) is 0 Å². The van der Waals surface area contributed by atoms with Crippen molar-refractivity contribution in [3.05, 3.63) is 29.6 Å². The van der Waals surface area contributed by atoms with Gasteiger partial charge in [0.15, 0.2) is 0 Å². The summed E-state index contributed by atoms with van der Waals surface area (Å²) in [6.07, 6.45) is 7.50. The minimum absolute atomic E-state index is 1.06. The van der Waals surface area contributed by atoms with Gasteiger partial charge in [0.1, 0.15) is 0 Å². The number of hydrogen-bond acceptors (Lipinski definition) is 2. The Balaban J connectivity index is 2.31. The van der Waals surface area contributed by atoms with Crippen molar-refractivity contribution in [2.75, 3.05) is 13.6 Å². The largest absolute Gasteiger partial charge is 0.319 e.